The van der Waals surface area contributed by atoms with Gasteiger partial charge in [-0.15, -0.1) is 0 Å². The first-order chi connectivity index (χ1) is 11.7. The molecular weight excluding hydrogens is 304 g/mol. The van der Waals surface area contributed by atoms with Gasteiger partial charge >= 0.3 is 0 Å². The SMILES string of the molecule is O=C(NCCc1ccc(O)cc1)C1CCCN(Cc2ccco2)C1. The van der Waals surface area contributed by atoms with Crippen molar-refractivity contribution in [2.24, 2.45) is 5.92 Å². The fourth-order valence-electron chi connectivity index (χ4n) is 3.17. The summed E-state index contributed by atoms with van der Waals surface area (Å²) in [6.45, 7) is 3.19. The minimum absolute atomic E-state index is 0.0496. The number of hydrogen-bond donors (Lipinski definition) is 2. The second-order valence-corrected chi connectivity index (χ2v) is 6.36. The first-order valence-corrected chi connectivity index (χ1v) is 8.51. The Bertz CT molecular complexity index is 637. The number of hydrogen-bond acceptors (Lipinski definition) is 4. The number of amides is 1. The van der Waals surface area contributed by atoms with Gasteiger partial charge < -0.3 is 14.8 Å². The molecule has 2 heterocycles. The number of nitrogens with zero attached hydrogens (tertiary/aromatic N) is 1. The third-order valence-corrected chi connectivity index (χ3v) is 4.49. The zero-order valence-electron chi connectivity index (χ0n) is 13.8. The van der Waals surface area contributed by atoms with Crippen molar-refractivity contribution in [1.29, 1.82) is 0 Å². The summed E-state index contributed by atoms with van der Waals surface area (Å²) in [5, 5.41) is 12.3. The number of phenols is 1. The van der Waals surface area contributed by atoms with Crippen molar-refractivity contribution in [1.82, 2.24) is 10.2 Å². The summed E-state index contributed by atoms with van der Waals surface area (Å²) in [5.74, 6) is 1.40. The smallest absolute Gasteiger partial charge is 0.224 e. The van der Waals surface area contributed by atoms with Crippen LogP contribution in [-0.4, -0.2) is 35.5 Å². The molecule has 0 bridgehead atoms. The van der Waals surface area contributed by atoms with Crippen LogP contribution in [0.3, 0.4) is 0 Å². The molecule has 1 aliphatic heterocycles. The molecule has 1 unspecified atom stereocenters. The molecule has 2 N–H and O–H groups in total. The number of carbonyl (C=O) groups excluding carboxylic acids is 1. The number of rotatable bonds is 6. The summed E-state index contributed by atoms with van der Waals surface area (Å²) >= 11 is 0. The van der Waals surface area contributed by atoms with Crippen LogP contribution < -0.4 is 5.32 Å². The maximum atomic E-state index is 12.4. The maximum absolute atomic E-state index is 12.4. The third kappa shape index (κ3) is 4.61. The molecule has 1 aliphatic rings. The van der Waals surface area contributed by atoms with E-state index >= 15 is 0 Å². The van der Waals surface area contributed by atoms with Crippen LogP contribution in [0, 0.1) is 5.92 Å². The molecule has 5 heteroatoms. The Morgan fingerprint density at radius 3 is 2.88 bits per heavy atom. The quantitative estimate of drug-likeness (QED) is 0.855. The van der Waals surface area contributed by atoms with Crippen molar-refractivity contribution in [3.63, 3.8) is 0 Å². The summed E-state index contributed by atoms with van der Waals surface area (Å²) in [6.07, 6.45) is 4.44. The van der Waals surface area contributed by atoms with Crippen molar-refractivity contribution in [3.05, 3.63) is 54.0 Å². The lowest BCUT2D eigenvalue weighted by atomic mass is 9.97. The molecule has 128 valence electrons. The average molecular weight is 328 g/mol. The van der Waals surface area contributed by atoms with Gasteiger partial charge in [-0.1, -0.05) is 12.1 Å². The van der Waals surface area contributed by atoms with E-state index in [1.54, 1.807) is 18.4 Å². The zero-order valence-corrected chi connectivity index (χ0v) is 13.8. The van der Waals surface area contributed by atoms with Gasteiger partial charge in [0.05, 0.1) is 18.7 Å². The van der Waals surface area contributed by atoms with Crippen LogP contribution in [0.4, 0.5) is 0 Å². The molecule has 0 spiro atoms. The molecule has 1 saturated heterocycles. The average Bonchev–Trinajstić information content (AvgIpc) is 3.10. The summed E-state index contributed by atoms with van der Waals surface area (Å²) < 4.78 is 5.39. The fourth-order valence-corrected chi connectivity index (χ4v) is 3.17. The van der Waals surface area contributed by atoms with E-state index in [9.17, 15) is 9.90 Å². The first-order valence-electron chi connectivity index (χ1n) is 8.51. The van der Waals surface area contributed by atoms with Crippen LogP contribution >= 0.6 is 0 Å². The third-order valence-electron chi connectivity index (χ3n) is 4.49. The molecule has 0 radical (unpaired) electrons. The van der Waals surface area contributed by atoms with E-state index < -0.39 is 0 Å². The predicted molar refractivity (Wildman–Crippen MR) is 91.5 cm³/mol. The molecule has 0 aliphatic carbocycles. The van der Waals surface area contributed by atoms with Gasteiger partial charge in [-0.2, -0.15) is 0 Å². The summed E-state index contributed by atoms with van der Waals surface area (Å²) in [4.78, 5) is 14.7. The number of likely N-dealkylation sites (tertiary alicyclic amines) is 1. The first kappa shape index (κ1) is 16.6. The lowest BCUT2D eigenvalue weighted by molar-refractivity contribution is -0.126. The van der Waals surface area contributed by atoms with Gasteiger partial charge in [0.15, 0.2) is 0 Å². The molecule has 3 rings (SSSR count). The van der Waals surface area contributed by atoms with Crippen LogP contribution in [0.1, 0.15) is 24.2 Å². The van der Waals surface area contributed by atoms with E-state index in [0.717, 1.165) is 50.2 Å². The molecule has 2 aromatic rings. The second-order valence-electron chi connectivity index (χ2n) is 6.36. The Morgan fingerprint density at radius 2 is 2.12 bits per heavy atom. The summed E-state index contributed by atoms with van der Waals surface area (Å²) in [6, 6.07) is 11.0. The van der Waals surface area contributed by atoms with Crippen LogP contribution in [0.25, 0.3) is 0 Å². The normalized spacial score (nSPS) is 18.4. The van der Waals surface area contributed by atoms with E-state index in [4.69, 9.17) is 4.42 Å². The largest absolute Gasteiger partial charge is 0.508 e. The Hall–Kier alpha value is -2.27. The van der Waals surface area contributed by atoms with Gasteiger partial charge in [0.2, 0.25) is 5.91 Å². The number of aromatic hydroxyl groups is 1. The Kier molecular flexibility index (Phi) is 5.54. The minimum atomic E-state index is 0.0496. The monoisotopic (exact) mass is 328 g/mol. The summed E-state index contributed by atoms with van der Waals surface area (Å²) in [7, 11) is 0. The number of piperidine rings is 1. The van der Waals surface area contributed by atoms with Gasteiger partial charge in [-0.3, -0.25) is 9.69 Å². The number of benzene rings is 1. The standard InChI is InChI=1S/C19H24N2O3/c22-17-7-5-15(6-8-17)9-10-20-19(23)16-3-1-11-21(13-16)14-18-4-2-12-24-18/h2,4-8,12,16,22H,1,3,9-11,13-14H2,(H,20,23). The van der Waals surface area contributed by atoms with E-state index in [2.05, 4.69) is 10.2 Å². The lowest BCUT2D eigenvalue weighted by Crippen LogP contribution is -2.43. The highest BCUT2D eigenvalue weighted by atomic mass is 16.3. The summed E-state index contributed by atoms with van der Waals surface area (Å²) in [5.41, 5.74) is 1.11. The van der Waals surface area contributed by atoms with E-state index in [0.29, 0.717) is 6.54 Å². The van der Waals surface area contributed by atoms with E-state index in [-0.39, 0.29) is 17.6 Å². The molecule has 1 fully saturated rings. The van der Waals surface area contributed by atoms with Gasteiger partial charge in [0, 0.05) is 13.1 Å². The Balaban J connectivity index is 1.43. The number of nitrogens with one attached hydrogen (secondary N) is 1. The highest BCUT2D eigenvalue weighted by Crippen LogP contribution is 2.19. The van der Waals surface area contributed by atoms with Crippen molar-refractivity contribution < 1.29 is 14.3 Å². The number of furan rings is 1. The van der Waals surface area contributed by atoms with Gasteiger partial charge in [0.1, 0.15) is 11.5 Å². The highest BCUT2D eigenvalue weighted by molar-refractivity contribution is 5.78. The lowest BCUT2D eigenvalue weighted by Gasteiger charge is -2.31. The van der Waals surface area contributed by atoms with E-state index in [1.807, 2.05) is 24.3 Å². The predicted octanol–water partition coefficient (Wildman–Crippen LogP) is 2.56. The molecule has 1 atom stereocenters. The fraction of sp³-hybridized carbons (Fsp3) is 0.421. The van der Waals surface area contributed by atoms with Crippen LogP contribution in [-0.2, 0) is 17.8 Å². The molecule has 1 amide bonds. The van der Waals surface area contributed by atoms with Crippen molar-refractivity contribution in [3.8, 4) is 5.75 Å². The van der Waals surface area contributed by atoms with E-state index in [1.165, 1.54) is 0 Å². The van der Waals surface area contributed by atoms with Crippen LogP contribution in [0.5, 0.6) is 5.75 Å². The Labute approximate surface area is 142 Å². The van der Waals surface area contributed by atoms with Crippen LogP contribution in [0.2, 0.25) is 0 Å². The molecule has 5 nitrogen and oxygen atoms in total. The molecular formula is C19H24N2O3. The molecule has 1 aromatic heterocycles. The molecule has 1 aromatic carbocycles. The Morgan fingerprint density at radius 1 is 1.29 bits per heavy atom. The number of phenolic OH excluding ortho intramolecular Hbond substituents is 1. The van der Waals surface area contributed by atoms with Crippen LogP contribution in [0.15, 0.2) is 47.1 Å². The zero-order chi connectivity index (χ0) is 16.8. The second kappa shape index (κ2) is 8.02. The van der Waals surface area contributed by atoms with Crippen molar-refractivity contribution >= 4 is 5.91 Å². The van der Waals surface area contributed by atoms with Crippen molar-refractivity contribution in [2.45, 2.75) is 25.8 Å². The van der Waals surface area contributed by atoms with Gasteiger partial charge in [-0.25, -0.2) is 0 Å². The molecule has 0 saturated carbocycles. The maximum Gasteiger partial charge on any atom is 0.224 e. The highest BCUT2D eigenvalue weighted by Gasteiger charge is 2.25. The minimum Gasteiger partial charge on any atom is -0.508 e. The topological polar surface area (TPSA) is 65.7 Å². The number of carbonyl (C=O) groups is 1. The molecule has 24 heavy (non-hydrogen) atoms. The van der Waals surface area contributed by atoms with Gasteiger partial charge in [0.25, 0.3) is 0 Å². The van der Waals surface area contributed by atoms with Crippen molar-refractivity contribution in [2.75, 3.05) is 19.6 Å². The van der Waals surface area contributed by atoms with Gasteiger partial charge in [-0.05, 0) is 55.6 Å².